The average molecular weight is 434 g/mol. The van der Waals surface area contributed by atoms with Gasteiger partial charge in [0.05, 0.1) is 25.5 Å². The first kappa shape index (κ1) is 21.0. The molecule has 2 aromatic heterocycles. The van der Waals surface area contributed by atoms with Crippen molar-refractivity contribution in [1.29, 1.82) is 0 Å². The number of thiophene rings is 1. The summed E-state index contributed by atoms with van der Waals surface area (Å²) in [7, 11) is 1.39. The normalized spacial score (nSPS) is 11.2. The topological polar surface area (TPSA) is 75.3 Å². The molecule has 0 spiro atoms. The Kier molecular flexibility index (Phi) is 6.54. The molecule has 0 aliphatic carbocycles. The van der Waals surface area contributed by atoms with Crippen molar-refractivity contribution in [3.63, 3.8) is 0 Å². The second-order valence-corrected chi connectivity index (χ2v) is 8.26. The molecule has 0 amide bonds. The van der Waals surface area contributed by atoms with Crippen molar-refractivity contribution in [2.45, 2.75) is 19.5 Å². The molecule has 6 nitrogen and oxygen atoms in total. The molecule has 0 aliphatic rings. The van der Waals surface area contributed by atoms with Gasteiger partial charge in [-0.2, -0.15) is 0 Å². The maximum Gasteiger partial charge on any atom is 0.306 e. The van der Waals surface area contributed by atoms with E-state index in [-0.39, 0.29) is 17.9 Å². The summed E-state index contributed by atoms with van der Waals surface area (Å²) < 4.78 is 4.79. The van der Waals surface area contributed by atoms with Crippen molar-refractivity contribution in [3.05, 3.63) is 88.5 Å². The van der Waals surface area contributed by atoms with E-state index in [1.807, 2.05) is 66.7 Å². The molecule has 158 valence electrons. The highest BCUT2D eigenvalue weighted by molar-refractivity contribution is 7.21. The number of methoxy groups -OCH3 is 1. The van der Waals surface area contributed by atoms with Crippen molar-refractivity contribution in [2.75, 3.05) is 13.7 Å². The van der Waals surface area contributed by atoms with Gasteiger partial charge in [0.15, 0.2) is 0 Å². The second kappa shape index (κ2) is 9.68. The van der Waals surface area contributed by atoms with Crippen LogP contribution in [0.25, 0.3) is 20.7 Å². The fourth-order valence-corrected chi connectivity index (χ4v) is 4.47. The smallest absolute Gasteiger partial charge is 0.306 e. The molecule has 0 bridgehead atoms. The van der Waals surface area contributed by atoms with Gasteiger partial charge in [-0.3, -0.25) is 14.5 Å². The van der Waals surface area contributed by atoms with Crippen LogP contribution in [0, 0.1) is 0 Å². The van der Waals surface area contributed by atoms with Crippen LogP contribution in [0.4, 0.5) is 0 Å². The van der Waals surface area contributed by atoms with E-state index in [1.165, 1.54) is 18.4 Å². The van der Waals surface area contributed by atoms with E-state index >= 15 is 0 Å². The van der Waals surface area contributed by atoms with E-state index in [2.05, 4.69) is 9.88 Å². The number of aromatic nitrogens is 2. The molecular weight excluding hydrogens is 410 g/mol. The third-order valence-corrected chi connectivity index (χ3v) is 6.07. The molecule has 0 saturated heterocycles. The summed E-state index contributed by atoms with van der Waals surface area (Å²) in [4.78, 5) is 35.8. The van der Waals surface area contributed by atoms with Gasteiger partial charge in [0, 0.05) is 18.0 Å². The van der Waals surface area contributed by atoms with Crippen molar-refractivity contribution in [3.8, 4) is 10.4 Å². The standard InChI is InChI=1S/C24H23N3O3S/c1-30-22(28)12-13-27(15-17-8-4-2-5-9-17)16-21-25-23(29)19-14-20(31-24(19)26-21)18-10-6-3-7-11-18/h2-11,14H,12-13,15-16H2,1H3,(H,25,26,29). The number of fused-ring (bicyclic) bond motifs is 1. The van der Waals surface area contributed by atoms with Gasteiger partial charge in [0.25, 0.3) is 5.56 Å². The third-order valence-electron chi connectivity index (χ3n) is 4.99. The molecule has 0 saturated carbocycles. The Morgan fingerprint density at radius 2 is 1.77 bits per heavy atom. The number of benzene rings is 2. The van der Waals surface area contributed by atoms with Gasteiger partial charge in [-0.1, -0.05) is 60.7 Å². The number of hydrogen-bond acceptors (Lipinski definition) is 6. The van der Waals surface area contributed by atoms with Crippen molar-refractivity contribution < 1.29 is 9.53 Å². The quantitative estimate of drug-likeness (QED) is 0.421. The number of carbonyl (C=O) groups is 1. The second-order valence-electron chi connectivity index (χ2n) is 7.23. The lowest BCUT2D eigenvalue weighted by Crippen LogP contribution is -2.28. The highest BCUT2D eigenvalue weighted by Crippen LogP contribution is 2.30. The predicted molar refractivity (Wildman–Crippen MR) is 123 cm³/mol. The van der Waals surface area contributed by atoms with Crippen LogP contribution in [-0.4, -0.2) is 34.5 Å². The maximum atomic E-state index is 12.7. The van der Waals surface area contributed by atoms with Gasteiger partial charge in [-0.05, 0) is 17.2 Å². The van der Waals surface area contributed by atoms with Gasteiger partial charge >= 0.3 is 5.97 Å². The van der Waals surface area contributed by atoms with E-state index in [1.54, 1.807) is 0 Å². The number of rotatable bonds is 8. The van der Waals surface area contributed by atoms with Gasteiger partial charge in [0.2, 0.25) is 0 Å². The molecule has 7 heteroatoms. The largest absolute Gasteiger partial charge is 0.469 e. The van der Waals surface area contributed by atoms with Gasteiger partial charge in [0.1, 0.15) is 10.7 Å². The van der Waals surface area contributed by atoms with Crippen LogP contribution in [0.5, 0.6) is 0 Å². The molecule has 4 aromatic rings. The number of aromatic amines is 1. The lowest BCUT2D eigenvalue weighted by molar-refractivity contribution is -0.141. The number of nitrogens with zero attached hydrogens (tertiary/aromatic N) is 2. The zero-order valence-corrected chi connectivity index (χ0v) is 18.0. The number of nitrogens with one attached hydrogen (secondary N) is 1. The summed E-state index contributed by atoms with van der Waals surface area (Å²) >= 11 is 1.51. The minimum Gasteiger partial charge on any atom is -0.469 e. The molecule has 4 rings (SSSR count). The Labute approximate surface area is 184 Å². The maximum absolute atomic E-state index is 12.7. The summed E-state index contributed by atoms with van der Waals surface area (Å²) in [6.45, 7) is 1.57. The first-order valence-corrected chi connectivity index (χ1v) is 10.9. The molecule has 2 heterocycles. The van der Waals surface area contributed by atoms with E-state index in [0.29, 0.717) is 35.7 Å². The van der Waals surface area contributed by atoms with Gasteiger partial charge in [-0.25, -0.2) is 4.98 Å². The zero-order valence-electron chi connectivity index (χ0n) is 17.2. The number of hydrogen-bond donors (Lipinski definition) is 1. The molecule has 1 N–H and O–H groups in total. The van der Waals surface area contributed by atoms with Crippen LogP contribution >= 0.6 is 11.3 Å². The van der Waals surface area contributed by atoms with E-state index < -0.39 is 0 Å². The Hall–Kier alpha value is -3.29. The molecule has 0 fully saturated rings. The Morgan fingerprint density at radius 3 is 2.48 bits per heavy atom. The van der Waals surface area contributed by atoms with Gasteiger partial charge in [-0.15, -0.1) is 11.3 Å². The van der Waals surface area contributed by atoms with Crippen LogP contribution in [0.15, 0.2) is 71.5 Å². The summed E-state index contributed by atoms with van der Waals surface area (Å²) in [6, 6.07) is 21.9. The molecule has 0 unspecified atom stereocenters. The van der Waals surface area contributed by atoms with Crippen molar-refractivity contribution in [1.82, 2.24) is 14.9 Å². The highest BCUT2D eigenvalue weighted by Gasteiger charge is 2.14. The number of esters is 1. The van der Waals surface area contributed by atoms with Crippen molar-refractivity contribution >= 4 is 27.5 Å². The van der Waals surface area contributed by atoms with Crippen molar-refractivity contribution in [2.24, 2.45) is 0 Å². The Bertz CT molecular complexity index is 1220. The summed E-state index contributed by atoms with van der Waals surface area (Å²) in [5.74, 6) is 0.320. The minimum atomic E-state index is -0.263. The predicted octanol–water partition coefficient (Wildman–Crippen LogP) is 4.22. The molecule has 31 heavy (non-hydrogen) atoms. The first-order chi connectivity index (χ1) is 15.1. The van der Waals surface area contributed by atoms with Crippen LogP contribution in [0.3, 0.4) is 0 Å². The first-order valence-electron chi connectivity index (χ1n) is 10.0. The molecule has 2 aromatic carbocycles. The third kappa shape index (κ3) is 5.25. The minimum absolute atomic E-state index is 0.147. The molecule has 0 atom stereocenters. The number of carbonyl (C=O) groups excluding carboxylic acids is 1. The Morgan fingerprint density at radius 1 is 1.06 bits per heavy atom. The fourth-order valence-electron chi connectivity index (χ4n) is 3.41. The molecule has 0 radical (unpaired) electrons. The molecular formula is C24H23N3O3S. The van der Waals surface area contributed by atoms with E-state index in [0.717, 1.165) is 16.0 Å². The van der Waals surface area contributed by atoms with Crippen LogP contribution in [-0.2, 0) is 22.6 Å². The van der Waals surface area contributed by atoms with E-state index in [4.69, 9.17) is 9.72 Å². The van der Waals surface area contributed by atoms with Gasteiger partial charge < -0.3 is 9.72 Å². The lowest BCUT2D eigenvalue weighted by atomic mass is 10.2. The molecule has 0 aliphatic heterocycles. The van der Waals surface area contributed by atoms with E-state index in [9.17, 15) is 9.59 Å². The number of H-pyrrole nitrogens is 1. The summed E-state index contributed by atoms with van der Waals surface area (Å²) in [5.41, 5.74) is 2.04. The van der Waals surface area contributed by atoms with Crippen LogP contribution in [0.1, 0.15) is 17.8 Å². The summed E-state index contributed by atoms with van der Waals surface area (Å²) in [5, 5.41) is 0.594. The highest BCUT2D eigenvalue weighted by atomic mass is 32.1. The SMILES string of the molecule is COC(=O)CCN(Cc1ccccc1)Cc1nc2sc(-c3ccccc3)cc2c(=O)[nH]1. The monoisotopic (exact) mass is 433 g/mol. The lowest BCUT2D eigenvalue weighted by Gasteiger charge is -2.21. The summed E-state index contributed by atoms with van der Waals surface area (Å²) in [6.07, 6.45) is 0.271. The Balaban J connectivity index is 1.60. The van der Waals surface area contributed by atoms with Crippen LogP contribution in [0.2, 0.25) is 0 Å². The van der Waals surface area contributed by atoms with Crippen LogP contribution < -0.4 is 5.56 Å². The number of ether oxygens (including phenoxy) is 1. The fraction of sp³-hybridized carbons (Fsp3) is 0.208. The zero-order chi connectivity index (χ0) is 21.6. The average Bonchev–Trinajstić information content (AvgIpc) is 3.23.